The van der Waals surface area contributed by atoms with Crippen molar-refractivity contribution in [3.05, 3.63) is 78.7 Å². The highest BCUT2D eigenvalue weighted by atomic mass is 32.1. The maximum atomic E-state index is 13.3. The lowest BCUT2D eigenvalue weighted by Gasteiger charge is -2.18. The number of ether oxygens (including phenoxy) is 4. The largest absolute Gasteiger partial charge is 0.486 e. The van der Waals surface area contributed by atoms with Crippen LogP contribution in [0.1, 0.15) is 28.4 Å². The van der Waals surface area contributed by atoms with E-state index in [2.05, 4.69) is 0 Å². The standard InChI is InChI=1S/C25H23NO7S/c1-3-31-23(27)14-22-26(15-16-4-7-18(8-5-16)25(29)30-2)24(28)21(34-22)13-17-6-9-19-20(12-17)33-11-10-32-19/h4-9,12-14H,3,10-11,15H2,1-2H3/b21-13-,22-14-. The lowest BCUT2D eigenvalue weighted by atomic mass is 10.1. The molecule has 3 aromatic rings. The van der Waals surface area contributed by atoms with Gasteiger partial charge in [0, 0.05) is 0 Å². The third-order valence-electron chi connectivity index (χ3n) is 5.04. The number of hydrogen-bond donors (Lipinski definition) is 0. The van der Waals surface area contributed by atoms with Crippen LogP contribution in [-0.4, -0.2) is 43.4 Å². The number of carbonyl (C=O) groups excluding carboxylic acids is 2. The zero-order valence-electron chi connectivity index (χ0n) is 18.7. The van der Waals surface area contributed by atoms with E-state index in [0.29, 0.717) is 39.5 Å². The maximum Gasteiger partial charge on any atom is 0.337 e. The Morgan fingerprint density at radius 3 is 2.53 bits per heavy atom. The van der Waals surface area contributed by atoms with E-state index in [4.69, 9.17) is 18.9 Å². The van der Waals surface area contributed by atoms with Crippen molar-refractivity contribution in [2.24, 2.45) is 0 Å². The molecule has 9 heteroatoms. The summed E-state index contributed by atoms with van der Waals surface area (Å²) in [6.07, 6.45) is 3.07. The number of fused-ring (bicyclic) bond motifs is 1. The first-order chi connectivity index (χ1) is 16.5. The van der Waals surface area contributed by atoms with Crippen LogP contribution in [0.5, 0.6) is 11.5 Å². The molecular formula is C25H23NO7S. The number of hydrogen-bond acceptors (Lipinski definition) is 8. The minimum atomic E-state index is -0.524. The van der Waals surface area contributed by atoms with E-state index in [1.54, 1.807) is 43.3 Å². The Bertz CT molecular complexity index is 1390. The van der Waals surface area contributed by atoms with Crippen molar-refractivity contribution >= 4 is 35.4 Å². The van der Waals surface area contributed by atoms with Crippen LogP contribution in [0.15, 0.2) is 47.3 Å². The van der Waals surface area contributed by atoms with Gasteiger partial charge in [-0.25, -0.2) is 9.59 Å². The van der Waals surface area contributed by atoms with E-state index in [0.717, 1.165) is 11.1 Å². The number of thiazole rings is 1. The molecule has 0 bridgehead atoms. The Labute approximate surface area is 199 Å². The Morgan fingerprint density at radius 1 is 1.09 bits per heavy atom. The molecule has 34 heavy (non-hydrogen) atoms. The second kappa shape index (κ2) is 10.4. The van der Waals surface area contributed by atoms with Gasteiger partial charge >= 0.3 is 11.9 Å². The van der Waals surface area contributed by atoms with Crippen molar-refractivity contribution in [3.63, 3.8) is 0 Å². The van der Waals surface area contributed by atoms with Gasteiger partial charge in [-0.15, -0.1) is 11.3 Å². The molecule has 1 aliphatic heterocycles. The molecule has 0 saturated heterocycles. The van der Waals surface area contributed by atoms with Gasteiger partial charge in [0.05, 0.1) is 36.4 Å². The van der Waals surface area contributed by atoms with E-state index in [9.17, 15) is 14.4 Å². The number of methoxy groups -OCH3 is 1. The normalized spacial score (nSPS) is 13.6. The summed E-state index contributed by atoms with van der Waals surface area (Å²) in [5.74, 6) is 0.330. The molecule has 176 valence electrons. The lowest BCUT2D eigenvalue weighted by molar-refractivity contribution is -0.135. The van der Waals surface area contributed by atoms with Gasteiger partial charge in [-0.3, -0.25) is 9.36 Å². The van der Waals surface area contributed by atoms with Crippen LogP contribution in [0, 0.1) is 0 Å². The number of esters is 2. The third-order valence-corrected chi connectivity index (χ3v) is 6.10. The Kier molecular flexibility index (Phi) is 7.12. The first-order valence-corrected chi connectivity index (χ1v) is 11.5. The van der Waals surface area contributed by atoms with Crippen LogP contribution < -0.4 is 24.2 Å². The molecule has 1 aliphatic rings. The number of aromatic nitrogens is 1. The van der Waals surface area contributed by atoms with E-state index >= 15 is 0 Å². The van der Waals surface area contributed by atoms with Crippen LogP contribution >= 0.6 is 11.3 Å². The number of benzene rings is 2. The summed E-state index contributed by atoms with van der Waals surface area (Å²) >= 11 is 1.20. The van der Waals surface area contributed by atoms with Crippen LogP contribution in [-0.2, 0) is 20.8 Å². The van der Waals surface area contributed by atoms with Gasteiger partial charge in [-0.2, -0.15) is 0 Å². The molecule has 0 radical (unpaired) electrons. The molecule has 0 unspecified atom stereocenters. The predicted octanol–water partition coefficient (Wildman–Crippen LogP) is 1.69. The van der Waals surface area contributed by atoms with Crippen molar-refractivity contribution in [2.75, 3.05) is 26.9 Å². The Balaban J connectivity index is 1.75. The van der Waals surface area contributed by atoms with Gasteiger partial charge in [0.15, 0.2) is 11.5 Å². The summed E-state index contributed by atoms with van der Waals surface area (Å²) < 4.78 is 23.4. The molecule has 8 nitrogen and oxygen atoms in total. The molecule has 1 aromatic heterocycles. The van der Waals surface area contributed by atoms with Gasteiger partial charge in [0.25, 0.3) is 5.56 Å². The van der Waals surface area contributed by atoms with Crippen LogP contribution in [0.3, 0.4) is 0 Å². The van der Waals surface area contributed by atoms with Gasteiger partial charge in [0.1, 0.15) is 17.9 Å². The molecule has 0 atom stereocenters. The highest BCUT2D eigenvalue weighted by Gasteiger charge is 2.13. The van der Waals surface area contributed by atoms with Gasteiger partial charge < -0.3 is 18.9 Å². The monoisotopic (exact) mass is 481 g/mol. The molecular weight excluding hydrogens is 458 g/mol. The molecule has 4 rings (SSSR count). The van der Waals surface area contributed by atoms with Crippen molar-refractivity contribution in [1.29, 1.82) is 0 Å². The molecule has 2 aromatic carbocycles. The quantitative estimate of drug-likeness (QED) is 0.495. The molecule has 2 heterocycles. The fourth-order valence-corrected chi connectivity index (χ4v) is 4.46. The van der Waals surface area contributed by atoms with Gasteiger partial charge in [-0.05, 0) is 48.4 Å². The topological polar surface area (TPSA) is 93.1 Å². The van der Waals surface area contributed by atoms with Gasteiger partial charge in [0.2, 0.25) is 0 Å². The first kappa shape index (κ1) is 23.3. The Hall–Kier alpha value is -3.85. The van der Waals surface area contributed by atoms with E-state index in [-0.39, 0.29) is 18.7 Å². The minimum absolute atomic E-state index is 0.219. The highest BCUT2D eigenvalue weighted by molar-refractivity contribution is 7.07. The molecule has 0 N–H and O–H groups in total. The molecule has 0 saturated carbocycles. The Morgan fingerprint density at radius 2 is 1.82 bits per heavy atom. The zero-order chi connectivity index (χ0) is 24.1. The fourth-order valence-electron chi connectivity index (χ4n) is 3.43. The summed E-state index contributed by atoms with van der Waals surface area (Å²) in [6.45, 7) is 3.14. The van der Waals surface area contributed by atoms with E-state index in [1.807, 2.05) is 12.1 Å². The zero-order valence-corrected chi connectivity index (χ0v) is 19.6. The third kappa shape index (κ3) is 5.20. The van der Waals surface area contributed by atoms with Crippen molar-refractivity contribution < 1.29 is 28.5 Å². The minimum Gasteiger partial charge on any atom is -0.486 e. The number of rotatable bonds is 6. The van der Waals surface area contributed by atoms with Crippen molar-refractivity contribution in [2.45, 2.75) is 13.5 Å². The number of nitrogens with zero attached hydrogens (tertiary/aromatic N) is 1. The second-order valence-corrected chi connectivity index (χ2v) is 8.39. The average Bonchev–Trinajstić information content (AvgIpc) is 3.12. The molecule has 0 amide bonds. The molecule has 0 aliphatic carbocycles. The smallest absolute Gasteiger partial charge is 0.337 e. The van der Waals surface area contributed by atoms with Crippen molar-refractivity contribution in [3.8, 4) is 11.5 Å². The second-order valence-electron chi connectivity index (χ2n) is 7.33. The van der Waals surface area contributed by atoms with Crippen LogP contribution in [0.25, 0.3) is 12.2 Å². The summed E-state index contributed by atoms with van der Waals surface area (Å²) in [5, 5.41) is 0. The number of carbonyl (C=O) groups is 2. The maximum absolute atomic E-state index is 13.3. The van der Waals surface area contributed by atoms with Crippen molar-refractivity contribution in [1.82, 2.24) is 4.57 Å². The van der Waals surface area contributed by atoms with E-state index < -0.39 is 11.9 Å². The summed E-state index contributed by atoms with van der Waals surface area (Å²) in [7, 11) is 1.32. The lowest BCUT2D eigenvalue weighted by Crippen LogP contribution is -2.32. The SMILES string of the molecule is CCOC(=O)/C=c1\s/c(=C\c2ccc3c(c2)OCCO3)c(=O)n1Cc1ccc(C(=O)OC)cc1. The van der Waals surface area contributed by atoms with Crippen LogP contribution in [0.2, 0.25) is 0 Å². The first-order valence-electron chi connectivity index (χ1n) is 10.6. The summed E-state index contributed by atoms with van der Waals surface area (Å²) in [6, 6.07) is 12.2. The molecule has 0 fully saturated rings. The summed E-state index contributed by atoms with van der Waals surface area (Å²) in [5.41, 5.74) is 1.74. The fraction of sp³-hybridized carbons (Fsp3) is 0.240. The van der Waals surface area contributed by atoms with E-state index in [1.165, 1.54) is 29.1 Å². The average molecular weight is 482 g/mol. The van der Waals surface area contributed by atoms with Crippen LogP contribution in [0.4, 0.5) is 0 Å². The molecule has 0 spiro atoms. The van der Waals surface area contributed by atoms with Gasteiger partial charge in [-0.1, -0.05) is 18.2 Å². The highest BCUT2D eigenvalue weighted by Crippen LogP contribution is 2.30. The summed E-state index contributed by atoms with van der Waals surface area (Å²) in [4.78, 5) is 37.1. The predicted molar refractivity (Wildman–Crippen MR) is 127 cm³/mol.